The first-order valence-corrected chi connectivity index (χ1v) is 5.90. The van der Waals surface area contributed by atoms with Gasteiger partial charge >= 0.3 is 0 Å². The molecule has 0 bridgehead atoms. The van der Waals surface area contributed by atoms with E-state index in [0.717, 1.165) is 24.1 Å². The summed E-state index contributed by atoms with van der Waals surface area (Å²) in [6.45, 7) is 4.25. The lowest BCUT2D eigenvalue weighted by molar-refractivity contribution is 0.353. The Morgan fingerprint density at radius 2 is 2.00 bits per heavy atom. The highest BCUT2D eigenvalue weighted by molar-refractivity contribution is 5.57. The fraction of sp³-hybridized carbons (Fsp3) is 0.385. The first kappa shape index (κ1) is 11.6. The van der Waals surface area contributed by atoms with Crippen LogP contribution in [-0.4, -0.2) is 10.1 Å². The van der Waals surface area contributed by atoms with Gasteiger partial charge in [-0.2, -0.15) is 4.98 Å². The molecular weight excluding hydrogens is 214 g/mol. The Kier molecular flexibility index (Phi) is 3.42. The Labute approximate surface area is 101 Å². The van der Waals surface area contributed by atoms with Crippen molar-refractivity contribution in [1.29, 1.82) is 0 Å². The lowest BCUT2D eigenvalue weighted by atomic mass is 10.1. The molecule has 2 aromatic rings. The van der Waals surface area contributed by atoms with Gasteiger partial charge in [-0.05, 0) is 30.7 Å². The normalized spacial score (nSPS) is 12.6. The predicted molar refractivity (Wildman–Crippen MR) is 67.5 cm³/mol. The summed E-state index contributed by atoms with van der Waals surface area (Å²) in [6.07, 6.45) is 2.17. The van der Waals surface area contributed by atoms with E-state index in [2.05, 4.69) is 24.0 Å². The minimum absolute atomic E-state index is 0.315. The number of hydrogen-bond donors (Lipinski definition) is 1. The van der Waals surface area contributed by atoms with Crippen molar-refractivity contribution in [3.8, 4) is 11.4 Å². The Hall–Kier alpha value is -1.84. The van der Waals surface area contributed by atoms with Crippen LogP contribution in [0, 0.1) is 0 Å². The molecular formula is C13H17N3O. The maximum Gasteiger partial charge on any atom is 0.229 e. The lowest BCUT2D eigenvalue weighted by Crippen LogP contribution is -1.93. The van der Waals surface area contributed by atoms with Gasteiger partial charge in [-0.1, -0.05) is 25.4 Å². The first-order valence-electron chi connectivity index (χ1n) is 5.90. The van der Waals surface area contributed by atoms with Crippen molar-refractivity contribution < 1.29 is 4.52 Å². The van der Waals surface area contributed by atoms with Crippen LogP contribution in [0.2, 0.25) is 0 Å². The summed E-state index contributed by atoms with van der Waals surface area (Å²) in [5.41, 5.74) is 7.30. The standard InChI is InChI=1S/C13H17N3O/c1-3-4-9(2)13-15-12(16-17-13)10-5-7-11(14)8-6-10/h5-9H,3-4,14H2,1-2H3. The molecule has 0 aliphatic heterocycles. The Morgan fingerprint density at radius 1 is 1.29 bits per heavy atom. The summed E-state index contributed by atoms with van der Waals surface area (Å²) in [7, 11) is 0. The topological polar surface area (TPSA) is 64.9 Å². The van der Waals surface area contributed by atoms with Crippen LogP contribution in [0.15, 0.2) is 28.8 Å². The fourth-order valence-corrected chi connectivity index (χ4v) is 1.74. The smallest absolute Gasteiger partial charge is 0.229 e. The monoisotopic (exact) mass is 231 g/mol. The van der Waals surface area contributed by atoms with Gasteiger partial charge in [0.15, 0.2) is 0 Å². The first-order chi connectivity index (χ1) is 8.20. The molecule has 1 aromatic carbocycles. The minimum Gasteiger partial charge on any atom is -0.399 e. The molecule has 0 radical (unpaired) electrons. The summed E-state index contributed by atoms with van der Waals surface area (Å²) in [5.74, 6) is 1.65. The summed E-state index contributed by atoms with van der Waals surface area (Å²) in [4.78, 5) is 4.41. The van der Waals surface area contributed by atoms with Gasteiger partial charge in [-0.3, -0.25) is 0 Å². The molecule has 0 aliphatic rings. The quantitative estimate of drug-likeness (QED) is 0.820. The largest absolute Gasteiger partial charge is 0.399 e. The number of benzene rings is 1. The van der Waals surface area contributed by atoms with Crippen LogP contribution < -0.4 is 5.73 Å². The average Bonchev–Trinajstić information content (AvgIpc) is 2.80. The molecule has 1 aromatic heterocycles. The van der Waals surface area contributed by atoms with Crippen LogP contribution >= 0.6 is 0 Å². The van der Waals surface area contributed by atoms with Crippen molar-refractivity contribution in [3.63, 3.8) is 0 Å². The molecule has 0 amide bonds. The molecule has 2 N–H and O–H groups in total. The molecule has 0 aliphatic carbocycles. The van der Waals surface area contributed by atoms with Crippen LogP contribution in [0.25, 0.3) is 11.4 Å². The van der Waals surface area contributed by atoms with Crippen molar-refractivity contribution in [2.75, 3.05) is 5.73 Å². The third-order valence-corrected chi connectivity index (χ3v) is 2.75. The average molecular weight is 231 g/mol. The van der Waals surface area contributed by atoms with E-state index in [9.17, 15) is 0 Å². The number of nitrogen functional groups attached to an aromatic ring is 1. The highest BCUT2D eigenvalue weighted by Gasteiger charge is 2.14. The van der Waals surface area contributed by atoms with Crippen molar-refractivity contribution in [1.82, 2.24) is 10.1 Å². The van der Waals surface area contributed by atoms with E-state index >= 15 is 0 Å². The van der Waals surface area contributed by atoms with E-state index < -0.39 is 0 Å². The van der Waals surface area contributed by atoms with Crippen molar-refractivity contribution >= 4 is 5.69 Å². The molecule has 4 heteroatoms. The molecule has 0 spiro atoms. The molecule has 90 valence electrons. The van der Waals surface area contributed by atoms with E-state index in [4.69, 9.17) is 10.3 Å². The summed E-state index contributed by atoms with van der Waals surface area (Å²) in [5, 5.41) is 3.99. The Bertz CT molecular complexity index is 476. The van der Waals surface area contributed by atoms with Crippen LogP contribution in [0.3, 0.4) is 0 Å². The van der Waals surface area contributed by atoms with Crippen LogP contribution in [0.1, 0.15) is 38.5 Å². The number of nitrogens with two attached hydrogens (primary N) is 1. The van der Waals surface area contributed by atoms with E-state index in [1.807, 2.05) is 24.3 Å². The van der Waals surface area contributed by atoms with E-state index in [1.165, 1.54) is 0 Å². The lowest BCUT2D eigenvalue weighted by Gasteiger charge is -2.01. The summed E-state index contributed by atoms with van der Waals surface area (Å²) < 4.78 is 5.27. The van der Waals surface area contributed by atoms with Crippen LogP contribution in [0.4, 0.5) is 5.69 Å². The number of rotatable bonds is 4. The van der Waals surface area contributed by atoms with Crippen molar-refractivity contribution in [2.45, 2.75) is 32.6 Å². The summed E-state index contributed by atoms with van der Waals surface area (Å²) in [6, 6.07) is 7.46. The van der Waals surface area contributed by atoms with Crippen molar-refractivity contribution in [2.24, 2.45) is 0 Å². The second-order valence-corrected chi connectivity index (χ2v) is 4.27. The van der Waals surface area contributed by atoms with Gasteiger partial charge in [0, 0.05) is 17.2 Å². The molecule has 1 heterocycles. The molecule has 0 fully saturated rings. The number of anilines is 1. The SMILES string of the molecule is CCCC(C)c1nc(-c2ccc(N)cc2)no1. The van der Waals surface area contributed by atoms with Gasteiger partial charge in [0.25, 0.3) is 0 Å². The van der Waals surface area contributed by atoms with E-state index in [0.29, 0.717) is 17.6 Å². The van der Waals surface area contributed by atoms with Gasteiger partial charge in [0.05, 0.1) is 0 Å². The zero-order valence-corrected chi connectivity index (χ0v) is 10.2. The number of aromatic nitrogens is 2. The van der Waals surface area contributed by atoms with Gasteiger partial charge in [0.1, 0.15) is 0 Å². The maximum absolute atomic E-state index is 5.63. The van der Waals surface area contributed by atoms with E-state index in [1.54, 1.807) is 0 Å². The third kappa shape index (κ3) is 2.64. The fourth-order valence-electron chi connectivity index (χ4n) is 1.74. The molecule has 4 nitrogen and oxygen atoms in total. The van der Waals surface area contributed by atoms with Gasteiger partial charge < -0.3 is 10.3 Å². The van der Waals surface area contributed by atoms with Crippen LogP contribution in [0.5, 0.6) is 0 Å². The summed E-state index contributed by atoms with van der Waals surface area (Å²) >= 11 is 0. The second kappa shape index (κ2) is 4.99. The zero-order chi connectivity index (χ0) is 12.3. The predicted octanol–water partition coefficient (Wildman–Crippen LogP) is 3.22. The Morgan fingerprint density at radius 3 is 2.65 bits per heavy atom. The second-order valence-electron chi connectivity index (χ2n) is 4.27. The maximum atomic E-state index is 5.63. The highest BCUT2D eigenvalue weighted by Crippen LogP contribution is 2.23. The van der Waals surface area contributed by atoms with Crippen LogP contribution in [-0.2, 0) is 0 Å². The molecule has 0 saturated carbocycles. The zero-order valence-electron chi connectivity index (χ0n) is 10.2. The molecule has 0 saturated heterocycles. The van der Waals surface area contributed by atoms with Crippen molar-refractivity contribution in [3.05, 3.63) is 30.2 Å². The highest BCUT2D eigenvalue weighted by atomic mass is 16.5. The molecule has 1 atom stereocenters. The van der Waals surface area contributed by atoms with Gasteiger partial charge in [0.2, 0.25) is 11.7 Å². The minimum atomic E-state index is 0.315. The van der Waals surface area contributed by atoms with Gasteiger partial charge in [-0.25, -0.2) is 0 Å². The van der Waals surface area contributed by atoms with Gasteiger partial charge in [-0.15, -0.1) is 0 Å². The Balaban J connectivity index is 2.20. The molecule has 17 heavy (non-hydrogen) atoms. The third-order valence-electron chi connectivity index (χ3n) is 2.75. The molecule has 1 unspecified atom stereocenters. The number of hydrogen-bond acceptors (Lipinski definition) is 4. The van der Waals surface area contributed by atoms with E-state index in [-0.39, 0.29) is 0 Å². The number of nitrogens with zero attached hydrogens (tertiary/aromatic N) is 2. The molecule has 2 rings (SSSR count).